The first kappa shape index (κ1) is 11.9. The third-order valence-electron chi connectivity index (χ3n) is 3.41. The number of aromatic nitrogens is 2. The molecule has 0 spiro atoms. The van der Waals surface area contributed by atoms with Gasteiger partial charge in [-0.25, -0.2) is 0 Å². The molecule has 1 aliphatic rings. The number of aliphatic hydroxyl groups excluding tert-OH is 1. The molecule has 0 aromatic carbocycles. The summed E-state index contributed by atoms with van der Waals surface area (Å²) in [6.45, 7) is 3.13. The van der Waals surface area contributed by atoms with E-state index in [1.54, 1.807) is 11.8 Å². The van der Waals surface area contributed by atoms with Gasteiger partial charge in [-0.2, -0.15) is 5.10 Å². The van der Waals surface area contributed by atoms with Crippen LogP contribution in [0.4, 0.5) is 5.82 Å². The van der Waals surface area contributed by atoms with Gasteiger partial charge in [0.25, 0.3) is 5.91 Å². The number of aromatic amines is 1. The van der Waals surface area contributed by atoms with E-state index in [4.69, 9.17) is 5.73 Å². The number of hydrogen-bond donors (Lipinski definition) is 3. The highest BCUT2D eigenvalue weighted by Gasteiger charge is 2.27. The Morgan fingerprint density at radius 2 is 2.29 bits per heavy atom. The maximum Gasteiger partial charge on any atom is 0.259 e. The molecule has 2 rings (SSSR count). The van der Waals surface area contributed by atoms with Crippen LogP contribution in [0.5, 0.6) is 0 Å². The van der Waals surface area contributed by atoms with Gasteiger partial charge in [-0.05, 0) is 25.7 Å². The maximum atomic E-state index is 12.1. The lowest BCUT2D eigenvalue weighted by Gasteiger charge is -2.33. The minimum atomic E-state index is -0.300. The van der Waals surface area contributed by atoms with Gasteiger partial charge in [0, 0.05) is 13.1 Å². The second-order valence-corrected chi connectivity index (χ2v) is 4.57. The molecule has 1 aliphatic heterocycles. The van der Waals surface area contributed by atoms with E-state index in [-0.39, 0.29) is 12.0 Å². The van der Waals surface area contributed by atoms with E-state index in [0.717, 1.165) is 12.8 Å². The van der Waals surface area contributed by atoms with Crippen LogP contribution in [0.3, 0.4) is 0 Å². The molecular formula is C11H18N4O2. The predicted octanol–water partition coefficient (Wildman–Crippen LogP) is 0.225. The maximum absolute atomic E-state index is 12.1. The van der Waals surface area contributed by atoms with Crippen molar-refractivity contribution >= 4 is 11.7 Å². The monoisotopic (exact) mass is 238 g/mol. The molecule has 1 aromatic heterocycles. The molecule has 6 nitrogen and oxygen atoms in total. The zero-order valence-electron chi connectivity index (χ0n) is 9.89. The number of hydrogen-bond acceptors (Lipinski definition) is 4. The minimum Gasteiger partial charge on any atom is -0.393 e. The molecule has 0 radical (unpaired) electrons. The molecule has 4 N–H and O–H groups in total. The SMILES string of the molecule is CC(O)C1CCN(C(=O)c2cn[nH]c2N)CC1. The Balaban J connectivity index is 1.98. The third-order valence-corrected chi connectivity index (χ3v) is 3.41. The van der Waals surface area contributed by atoms with Crippen molar-refractivity contribution in [2.24, 2.45) is 5.92 Å². The standard InChI is InChI=1S/C11H18N4O2/c1-7(16)8-2-4-15(5-3-8)11(17)9-6-13-14-10(9)12/h6-8,16H,2-5H2,1H3,(H3,12,13,14). The Morgan fingerprint density at radius 1 is 1.65 bits per heavy atom. The number of anilines is 1. The molecule has 0 bridgehead atoms. The van der Waals surface area contributed by atoms with E-state index in [0.29, 0.717) is 30.4 Å². The number of likely N-dealkylation sites (tertiary alicyclic amines) is 1. The number of H-pyrrole nitrogens is 1. The number of rotatable bonds is 2. The normalized spacial score (nSPS) is 19.3. The first-order valence-electron chi connectivity index (χ1n) is 5.85. The van der Waals surface area contributed by atoms with Gasteiger partial charge in [0.2, 0.25) is 0 Å². The molecular weight excluding hydrogens is 220 g/mol. The van der Waals surface area contributed by atoms with E-state index in [1.165, 1.54) is 6.20 Å². The number of nitrogen functional groups attached to an aromatic ring is 1. The number of amides is 1. The summed E-state index contributed by atoms with van der Waals surface area (Å²) >= 11 is 0. The van der Waals surface area contributed by atoms with Crippen molar-refractivity contribution in [1.29, 1.82) is 0 Å². The van der Waals surface area contributed by atoms with Gasteiger partial charge in [0.1, 0.15) is 11.4 Å². The molecule has 1 saturated heterocycles. The van der Waals surface area contributed by atoms with Crippen LogP contribution in [0.2, 0.25) is 0 Å². The van der Waals surface area contributed by atoms with Gasteiger partial charge in [-0.15, -0.1) is 0 Å². The van der Waals surface area contributed by atoms with E-state index < -0.39 is 0 Å². The largest absolute Gasteiger partial charge is 0.393 e. The van der Waals surface area contributed by atoms with E-state index in [2.05, 4.69) is 10.2 Å². The van der Waals surface area contributed by atoms with Crippen LogP contribution >= 0.6 is 0 Å². The summed E-state index contributed by atoms with van der Waals surface area (Å²) in [5.41, 5.74) is 6.05. The van der Waals surface area contributed by atoms with Gasteiger partial charge in [0.05, 0.1) is 12.3 Å². The summed E-state index contributed by atoms with van der Waals surface area (Å²) in [5, 5.41) is 15.8. The van der Waals surface area contributed by atoms with Crippen LogP contribution in [-0.4, -0.2) is 45.3 Å². The molecule has 17 heavy (non-hydrogen) atoms. The highest BCUT2D eigenvalue weighted by Crippen LogP contribution is 2.22. The highest BCUT2D eigenvalue weighted by atomic mass is 16.3. The van der Waals surface area contributed by atoms with E-state index in [1.807, 2.05) is 0 Å². The fourth-order valence-electron chi connectivity index (χ4n) is 2.22. The Labute approximate surface area is 99.8 Å². The summed E-state index contributed by atoms with van der Waals surface area (Å²) in [6.07, 6.45) is 2.83. The predicted molar refractivity (Wildman–Crippen MR) is 63.3 cm³/mol. The fourth-order valence-corrected chi connectivity index (χ4v) is 2.22. The second-order valence-electron chi connectivity index (χ2n) is 4.57. The molecule has 1 fully saturated rings. The van der Waals surface area contributed by atoms with Crippen molar-refractivity contribution in [3.05, 3.63) is 11.8 Å². The lowest BCUT2D eigenvalue weighted by molar-refractivity contribution is 0.0522. The fraction of sp³-hybridized carbons (Fsp3) is 0.636. The van der Waals surface area contributed by atoms with Crippen molar-refractivity contribution in [3.8, 4) is 0 Å². The van der Waals surface area contributed by atoms with Crippen LogP contribution in [0.15, 0.2) is 6.20 Å². The van der Waals surface area contributed by atoms with Gasteiger partial charge in [0.15, 0.2) is 0 Å². The van der Waals surface area contributed by atoms with E-state index in [9.17, 15) is 9.90 Å². The number of aliphatic hydroxyl groups is 1. The minimum absolute atomic E-state index is 0.0831. The van der Waals surface area contributed by atoms with Crippen molar-refractivity contribution in [3.63, 3.8) is 0 Å². The van der Waals surface area contributed by atoms with Crippen molar-refractivity contribution in [2.45, 2.75) is 25.9 Å². The van der Waals surface area contributed by atoms with E-state index >= 15 is 0 Å². The number of nitrogens with zero attached hydrogens (tertiary/aromatic N) is 2. The quantitative estimate of drug-likeness (QED) is 0.687. The highest BCUT2D eigenvalue weighted by molar-refractivity contribution is 5.98. The Morgan fingerprint density at radius 3 is 2.76 bits per heavy atom. The summed E-state index contributed by atoms with van der Waals surface area (Å²) in [6, 6.07) is 0. The smallest absolute Gasteiger partial charge is 0.259 e. The van der Waals surface area contributed by atoms with Crippen molar-refractivity contribution in [2.75, 3.05) is 18.8 Å². The molecule has 0 saturated carbocycles. The summed E-state index contributed by atoms with van der Waals surface area (Å²) in [7, 11) is 0. The van der Waals surface area contributed by atoms with Gasteiger partial charge >= 0.3 is 0 Å². The van der Waals surface area contributed by atoms with Crippen LogP contribution < -0.4 is 5.73 Å². The van der Waals surface area contributed by atoms with Gasteiger partial charge < -0.3 is 15.7 Å². The van der Waals surface area contributed by atoms with Crippen LogP contribution in [0.25, 0.3) is 0 Å². The molecule has 1 unspecified atom stereocenters. The number of carbonyl (C=O) groups excluding carboxylic acids is 1. The molecule has 1 amide bonds. The average molecular weight is 238 g/mol. The summed E-state index contributed by atoms with van der Waals surface area (Å²) in [5.74, 6) is 0.522. The van der Waals surface area contributed by atoms with Crippen LogP contribution in [-0.2, 0) is 0 Å². The molecule has 94 valence electrons. The number of piperidine rings is 1. The molecule has 2 heterocycles. The molecule has 6 heteroatoms. The molecule has 0 aliphatic carbocycles. The number of nitrogens with two attached hydrogens (primary N) is 1. The number of carbonyl (C=O) groups is 1. The number of nitrogens with one attached hydrogen (secondary N) is 1. The average Bonchev–Trinajstić information content (AvgIpc) is 2.74. The Kier molecular flexibility index (Phi) is 3.33. The van der Waals surface area contributed by atoms with Crippen LogP contribution in [0.1, 0.15) is 30.1 Å². The summed E-state index contributed by atoms with van der Waals surface area (Å²) in [4.78, 5) is 13.8. The Bertz CT molecular complexity index is 394. The lowest BCUT2D eigenvalue weighted by Crippen LogP contribution is -2.40. The third kappa shape index (κ3) is 2.41. The van der Waals surface area contributed by atoms with Gasteiger partial charge in [-0.3, -0.25) is 9.89 Å². The lowest BCUT2D eigenvalue weighted by atomic mass is 9.92. The van der Waals surface area contributed by atoms with Crippen molar-refractivity contribution in [1.82, 2.24) is 15.1 Å². The van der Waals surface area contributed by atoms with Gasteiger partial charge in [-0.1, -0.05) is 0 Å². The molecule has 1 atom stereocenters. The zero-order chi connectivity index (χ0) is 12.4. The second kappa shape index (κ2) is 4.75. The Hall–Kier alpha value is -1.56. The first-order chi connectivity index (χ1) is 8.09. The summed E-state index contributed by atoms with van der Waals surface area (Å²) < 4.78 is 0. The molecule has 1 aromatic rings. The van der Waals surface area contributed by atoms with Crippen molar-refractivity contribution < 1.29 is 9.90 Å². The van der Waals surface area contributed by atoms with Crippen LogP contribution in [0, 0.1) is 5.92 Å². The first-order valence-corrected chi connectivity index (χ1v) is 5.85. The zero-order valence-corrected chi connectivity index (χ0v) is 9.89. The topological polar surface area (TPSA) is 95.2 Å².